The van der Waals surface area contributed by atoms with Crippen LogP contribution in [0.1, 0.15) is 54.7 Å². The van der Waals surface area contributed by atoms with E-state index < -0.39 is 6.04 Å². The highest BCUT2D eigenvalue weighted by Crippen LogP contribution is 2.39. The van der Waals surface area contributed by atoms with E-state index in [9.17, 15) is 9.59 Å². The van der Waals surface area contributed by atoms with Gasteiger partial charge in [0, 0.05) is 25.8 Å². The van der Waals surface area contributed by atoms with Crippen molar-refractivity contribution < 1.29 is 19.1 Å². The van der Waals surface area contributed by atoms with Gasteiger partial charge in [-0.25, -0.2) is 0 Å². The standard InChI is InChI=1S/C25H33N3O4/c1-25(2,3)15-27-18-9-7-8-17-14-28(24(30)23(17)18)19(13-22(29)26-4)16-10-11-20(31-5)21(12-16)32-6/h7-12,19,27H,13-15H2,1-6H3,(H,26,29)/t19-/m1/s1. The first-order chi connectivity index (χ1) is 15.2. The number of rotatable bonds is 8. The van der Waals surface area contributed by atoms with Crippen LogP contribution in [0.2, 0.25) is 0 Å². The van der Waals surface area contributed by atoms with E-state index in [1.54, 1.807) is 32.2 Å². The van der Waals surface area contributed by atoms with Gasteiger partial charge in [0.15, 0.2) is 11.5 Å². The molecule has 2 aromatic carbocycles. The lowest BCUT2D eigenvalue weighted by molar-refractivity contribution is -0.121. The Morgan fingerprint density at radius 3 is 2.47 bits per heavy atom. The van der Waals surface area contributed by atoms with Crippen molar-refractivity contribution in [1.82, 2.24) is 10.2 Å². The molecular formula is C25H33N3O4. The molecule has 2 aromatic rings. The first kappa shape index (κ1) is 23.4. The van der Waals surface area contributed by atoms with Gasteiger partial charge in [0.1, 0.15) is 0 Å². The molecule has 0 aliphatic carbocycles. The van der Waals surface area contributed by atoms with Crippen LogP contribution in [0.25, 0.3) is 0 Å². The van der Waals surface area contributed by atoms with Crippen LogP contribution in [-0.2, 0) is 11.3 Å². The summed E-state index contributed by atoms with van der Waals surface area (Å²) < 4.78 is 10.8. The van der Waals surface area contributed by atoms with E-state index in [-0.39, 0.29) is 23.7 Å². The van der Waals surface area contributed by atoms with Crippen LogP contribution >= 0.6 is 0 Å². The summed E-state index contributed by atoms with van der Waals surface area (Å²) in [5.41, 5.74) is 3.36. The van der Waals surface area contributed by atoms with Crippen LogP contribution in [0.5, 0.6) is 11.5 Å². The fourth-order valence-electron chi connectivity index (χ4n) is 3.89. The predicted octanol–water partition coefficient (Wildman–Crippen LogP) is 4.00. The molecule has 1 aliphatic heterocycles. The lowest BCUT2D eigenvalue weighted by atomic mass is 9.96. The monoisotopic (exact) mass is 439 g/mol. The Morgan fingerprint density at radius 2 is 1.84 bits per heavy atom. The largest absolute Gasteiger partial charge is 0.493 e. The van der Waals surface area contributed by atoms with E-state index in [4.69, 9.17) is 9.47 Å². The van der Waals surface area contributed by atoms with Crippen LogP contribution in [0.4, 0.5) is 5.69 Å². The number of anilines is 1. The van der Waals surface area contributed by atoms with E-state index in [1.165, 1.54) is 0 Å². The Kier molecular flexibility index (Phi) is 6.96. The highest BCUT2D eigenvalue weighted by Gasteiger charge is 2.36. The molecule has 7 nitrogen and oxygen atoms in total. The molecule has 0 fully saturated rings. The van der Waals surface area contributed by atoms with E-state index in [0.717, 1.165) is 23.4 Å². The number of hydrogen-bond donors (Lipinski definition) is 2. The fraction of sp³-hybridized carbons (Fsp3) is 0.440. The minimum atomic E-state index is -0.440. The number of carbonyl (C=O) groups is 2. The van der Waals surface area contributed by atoms with Crippen molar-refractivity contribution in [3.8, 4) is 11.5 Å². The second-order valence-electron chi connectivity index (χ2n) is 9.19. The Bertz CT molecular complexity index is 997. The van der Waals surface area contributed by atoms with Gasteiger partial charge < -0.3 is 25.0 Å². The van der Waals surface area contributed by atoms with Crippen molar-refractivity contribution in [2.75, 3.05) is 33.1 Å². The Labute approximate surface area is 190 Å². The molecule has 3 rings (SSSR count). The van der Waals surface area contributed by atoms with Gasteiger partial charge in [-0.1, -0.05) is 39.0 Å². The van der Waals surface area contributed by atoms with Gasteiger partial charge in [-0.2, -0.15) is 0 Å². The topological polar surface area (TPSA) is 79.9 Å². The lowest BCUT2D eigenvalue weighted by Gasteiger charge is -2.28. The maximum absolute atomic E-state index is 13.6. The van der Waals surface area contributed by atoms with E-state index in [1.807, 2.05) is 30.3 Å². The van der Waals surface area contributed by atoms with Crippen LogP contribution in [0.3, 0.4) is 0 Å². The number of benzene rings is 2. The summed E-state index contributed by atoms with van der Waals surface area (Å²) in [5.74, 6) is 0.934. The average Bonchev–Trinajstić information content (AvgIpc) is 3.11. The zero-order chi connectivity index (χ0) is 23.5. The zero-order valence-corrected chi connectivity index (χ0v) is 19.7. The molecule has 2 amide bonds. The average molecular weight is 440 g/mol. The van der Waals surface area contributed by atoms with Crippen LogP contribution in [0, 0.1) is 5.41 Å². The highest BCUT2D eigenvalue weighted by molar-refractivity contribution is 6.04. The van der Waals surface area contributed by atoms with Gasteiger partial charge in [-0.15, -0.1) is 0 Å². The highest BCUT2D eigenvalue weighted by atomic mass is 16.5. The minimum absolute atomic E-state index is 0.0749. The molecule has 172 valence electrons. The molecule has 1 heterocycles. The molecule has 0 spiro atoms. The molecule has 1 atom stereocenters. The molecule has 7 heteroatoms. The smallest absolute Gasteiger partial charge is 0.257 e. The van der Waals surface area contributed by atoms with Crippen molar-refractivity contribution >= 4 is 17.5 Å². The lowest BCUT2D eigenvalue weighted by Crippen LogP contribution is -2.33. The first-order valence-corrected chi connectivity index (χ1v) is 10.8. The zero-order valence-electron chi connectivity index (χ0n) is 19.7. The molecular weight excluding hydrogens is 406 g/mol. The second kappa shape index (κ2) is 9.51. The molecule has 0 bridgehead atoms. The number of nitrogens with one attached hydrogen (secondary N) is 2. The van der Waals surface area contributed by atoms with Gasteiger partial charge in [-0.05, 0) is 34.7 Å². The molecule has 0 aromatic heterocycles. The molecule has 0 radical (unpaired) electrons. The van der Waals surface area contributed by atoms with Crippen molar-refractivity contribution in [3.05, 3.63) is 53.1 Å². The Morgan fingerprint density at radius 1 is 1.12 bits per heavy atom. The SMILES string of the molecule is CNC(=O)C[C@H](c1ccc(OC)c(OC)c1)N1Cc2cccc(NCC(C)(C)C)c2C1=O. The van der Waals surface area contributed by atoms with E-state index in [2.05, 4.69) is 31.4 Å². The minimum Gasteiger partial charge on any atom is -0.493 e. The molecule has 2 N–H and O–H groups in total. The van der Waals surface area contributed by atoms with Gasteiger partial charge in [0.2, 0.25) is 5.91 Å². The van der Waals surface area contributed by atoms with E-state index in [0.29, 0.717) is 23.6 Å². The van der Waals surface area contributed by atoms with Gasteiger partial charge in [0.25, 0.3) is 5.91 Å². The summed E-state index contributed by atoms with van der Waals surface area (Å²) in [6.07, 6.45) is 0.149. The molecule has 0 unspecified atom stereocenters. The number of methoxy groups -OCH3 is 2. The third kappa shape index (κ3) is 4.98. The quantitative estimate of drug-likeness (QED) is 0.650. The van der Waals surface area contributed by atoms with Crippen molar-refractivity contribution in [2.24, 2.45) is 5.41 Å². The maximum atomic E-state index is 13.6. The maximum Gasteiger partial charge on any atom is 0.257 e. The number of carbonyl (C=O) groups excluding carboxylic acids is 2. The summed E-state index contributed by atoms with van der Waals surface area (Å²) in [4.78, 5) is 27.7. The summed E-state index contributed by atoms with van der Waals surface area (Å²) in [5, 5.41) is 6.12. The van der Waals surface area contributed by atoms with E-state index >= 15 is 0 Å². The third-order valence-corrected chi connectivity index (χ3v) is 5.60. The number of nitrogens with zero attached hydrogens (tertiary/aromatic N) is 1. The molecule has 0 saturated carbocycles. The number of ether oxygens (including phenoxy) is 2. The summed E-state index contributed by atoms with van der Waals surface area (Å²) in [6.45, 7) is 7.62. The number of amides is 2. The Hall–Kier alpha value is -3.22. The Balaban J connectivity index is 1.97. The van der Waals surface area contributed by atoms with Gasteiger partial charge >= 0.3 is 0 Å². The number of fused-ring (bicyclic) bond motifs is 1. The summed E-state index contributed by atoms with van der Waals surface area (Å²) in [6, 6.07) is 11.0. The van der Waals surface area contributed by atoms with Crippen LogP contribution in [-0.4, -0.2) is 44.5 Å². The summed E-state index contributed by atoms with van der Waals surface area (Å²) in [7, 11) is 4.74. The summed E-state index contributed by atoms with van der Waals surface area (Å²) >= 11 is 0. The predicted molar refractivity (Wildman–Crippen MR) is 125 cm³/mol. The van der Waals surface area contributed by atoms with Gasteiger partial charge in [-0.3, -0.25) is 9.59 Å². The fourth-order valence-corrected chi connectivity index (χ4v) is 3.89. The van der Waals surface area contributed by atoms with Crippen molar-refractivity contribution in [2.45, 2.75) is 39.8 Å². The second-order valence-corrected chi connectivity index (χ2v) is 9.19. The van der Waals surface area contributed by atoms with Crippen molar-refractivity contribution in [3.63, 3.8) is 0 Å². The first-order valence-electron chi connectivity index (χ1n) is 10.8. The molecule has 1 aliphatic rings. The van der Waals surface area contributed by atoms with Crippen LogP contribution < -0.4 is 20.1 Å². The normalized spacial score (nSPS) is 14.1. The van der Waals surface area contributed by atoms with Crippen LogP contribution in [0.15, 0.2) is 36.4 Å². The van der Waals surface area contributed by atoms with Crippen molar-refractivity contribution in [1.29, 1.82) is 0 Å². The third-order valence-electron chi connectivity index (χ3n) is 5.60. The molecule has 0 saturated heterocycles. The molecule has 32 heavy (non-hydrogen) atoms. The van der Waals surface area contributed by atoms with Gasteiger partial charge in [0.05, 0.1) is 32.2 Å². The number of hydrogen-bond acceptors (Lipinski definition) is 5.